The molecular formula is C10H11N3OS. The van der Waals surface area contributed by atoms with Gasteiger partial charge in [0.25, 0.3) is 5.91 Å². The zero-order valence-corrected chi connectivity index (χ0v) is 9.31. The van der Waals surface area contributed by atoms with Crippen LogP contribution in [0.3, 0.4) is 0 Å². The van der Waals surface area contributed by atoms with E-state index in [9.17, 15) is 4.79 Å². The maximum Gasteiger partial charge on any atom is 0.258 e. The van der Waals surface area contributed by atoms with E-state index in [1.807, 2.05) is 19.9 Å². The molecule has 0 saturated heterocycles. The van der Waals surface area contributed by atoms with E-state index in [-0.39, 0.29) is 0 Å². The highest BCUT2D eigenvalue weighted by Crippen LogP contribution is 2.28. The van der Waals surface area contributed by atoms with Crippen molar-refractivity contribution >= 4 is 17.2 Å². The first-order chi connectivity index (χ1) is 7.08. The first-order valence-electron chi connectivity index (χ1n) is 4.51. The SMILES string of the molecule is Cc1nc(-c2ccc(C(N)=O)s2)c(C)[nH]1. The highest BCUT2D eigenvalue weighted by atomic mass is 32.1. The minimum absolute atomic E-state index is 0.392. The van der Waals surface area contributed by atoms with Crippen LogP contribution in [0.1, 0.15) is 21.2 Å². The molecule has 0 atom stereocenters. The van der Waals surface area contributed by atoms with Crippen molar-refractivity contribution in [3.63, 3.8) is 0 Å². The molecule has 0 spiro atoms. The Labute approximate surface area is 91.2 Å². The number of aromatic nitrogens is 2. The number of carbonyl (C=O) groups excluding carboxylic acids is 1. The summed E-state index contributed by atoms with van der Waals surface area (Å²) >= 11 is 1.36. The monoisotopic (exact) mass is 221 g/mol. The summed E-state index contributed by atoms with van der Waals surface area (Å²) in [6.45, 7) is 3.86. The molecule has 1 amide bonds. The third-order valence-corrected chi connectivity index (χ3v) is 3.19. The van der Waals surface area contributed by atoms with Crippen molar-refractivity contribution in [2.75, 3.05) is 0 Å². The number of thiophene rings is 1. The summed E-state index contributed by atoms with van der Waals surface area (Å²) in [6.07, 6.45) is 0. The van der Waals surface area contributed by atoms with E-state index in [2.05, 4.69) is 9.97 Å². The van der Waals surface area contributed by atoms with Crippen molar-refractivity contribution in [2.24, 2.45) is 5.73 Å². The van der Waals surface area contributed by atoms with Crippen molar-refractivity contribution in [1.82, 2.24) is 9.97 Å². The molecule has 2 aromatic heterocycles. The largest absolute Gasteiger partial charge is 0.365 e. The summed E-state index contributed by atoms with van der Waals surface area (Å²) < 4.78 is 0. The summed E-state index contributed by atoms with van der Waals surface area (Å²) in [5, 5.41) is 0. The molecule has 0 radical (unpaired) electrons. The van der Waals surface area contributed by atoms with Gasteiger partial charge in [0, 0.05) is 5.69 Å². The molecule has 2 aromatic rings. The number of H-pyrrole nitrogens is 1. The summed E-state index contributed by atoms with van der Waals surface area (Å²) in [7, 11) is 0. The van der Waals surface area contributed by atoms with Crippen LogP contribution in [0.25, 0.3) is 10.6 Å². The third kappa shape index (κ3) is 1.78. The zero-order valence-electron chi connectivity index (χ0n) is 8.50. The van der Waals surface area contributed by atoms with Gasteiger partial charge in [0.05, 0.1) is 9.75 Å². The van der Waals surface area contributed by atoms with Crippen LogP contribution in [-0.2, 0) is 0 Å². The first-order valence-corrected chi connectivity index (χ1v) is 5.33. The average molecular weight is 221 g/mol. The lowest BCUT2D eigenvalue weighted by molar-refractivity contribution is 0.100. The molecule has 0 aliphatic heterocycles. The predicted molar refractivity (Wildman–Crippen MR) is 59.9 cm³/mol. The number of hydrogen-bond donors (Lipinski definition) is 2. The number of nitrogens with one attached hydrogen (secondary N) is 1. The van der Waals surface area contributed by atoms with Crippen molar-refractivity contribution in [2.45, 2.75) is 13.8 Å². The van der Waals surface area contributed by atoms with Crippen molar-refractivity contribution in [1.29, 1.82) is 0 Å². The topological polar surface area (TPSA) is 71.8 Å². The minimum atomic E-state index is -0.392. The molecule has 0 saturated carbocycles. The van der Waals surface area contributed by atoms with E-state index in [1.165, 1.54) is 11.3 Å². The van der Waals surface area contributed by atoms with Gasteiger partial charge in [-0.15, -0.1) is 11.3 Å². The van der Waals surface area contributed by atoms with Crippen molar-refractivity contribution < 1.29 is 4.79 Å². The molecule has 78 valence electrons. The van der Waals surface area contributed by atoms with Crippen molar-refractivity contribution in [3.05, 3.63) is 28.5 Å². The van der Waals surface area contributed by atoms with Gasteiger partial charge in [-0.1, -0.05) is 0 Å². The molecular weight excluding hydrogens is 210 g/mol. The van der Waals surface area contributed by atoms with Gasteiger partial charge in [-0.25, -0.2) is 4.98 Å². The van der Waals surface area contributed by atoms with Gasteiger partial charge in [-0.2, -0.15) is 0 Å². The molecule has 0 unspecified atom stereocenters. The van der Waals surface area contributed by atoms with Crippen LogP contribution in [0.4, 0.5) is 0 Å². The average Bonchev–Trinajstić information content (AvgIpc) is 2.71. The Morgan fingerprint density at radius 3 is 2.67 bits per heavy atom. The Morgan fingerprint density at radius 1 is 1.47 bits per heavy atom. The van der Waals surface area contributed by atoms with E-state index in [1.54, 1.807) is 6.07 Å². The fourth-order valence-corrected chi connectivity index (χ4v) is 2.35. The molecule has 2 rings (SSSR count). The van der Waals surface area contributed by atoms with E-state index in [0.717, 1.165) is 22.1 Å². The standard InChI is InChI=1S/C10H11N3OS/c1-5-9(13-6(2)12-5)7-3-4-8(15-7)10(11)14/h3-4H,1-2H3,(H2,11,14)(H,12,13). The second-order valence-corrected chi connectivity index (χ2v) is 4.41. The summed E-state index contributed by atoms with van der Waals surface area (Å²) in [5.74, 6) is 0.479. The van der Waals surface area contributed by atoms with Gasteiger partial charge in [0.1, 0.15) is 11.5 Å². The number of aromatic amines is 1. The summed E-state index contributed by atoms with van der Waals surface area (Å²) in [5.41, 5.74) is 7.09. The van der Waals surface area contributed by atoms with Crippen LogP contribution in [0.5, 0.6) is 0 Å². The number of rotatable bonds is 2. The van der Waals surface area contributed by atoms with E-state index >= 15 is 0 Å². The molecule has 2 heterocycles. The third-order valence-electron chi connectivity index (χ3n) is 2.09. The van der Waals surface area contributed by atoms with E-state index < -0.39 is 5.91 Å². The molecule has 0 bridgehead atoms. The maximum absolute atomic E-state index is 10.9. The van der Waals surface area contributed by atoms with Gasteiger partial charge in [-0.05, 0) is 26.0 Å². The highest BCUT2D eigenvalue weighted by molar-refractivity contribution is 7.17. The predicted octanol–water partition coefficient (Wildman–Crippen LogP) is 1.85. The lowest BCUT2D eigenvalue weighted by Gasteiger charge is -1.91. The quantitative estimate of drug-likeness (QED) is 0.812. The molecule has 5 heteroatoms. The van der Waals surface area contributed by atoms with Gasteiger partial charge in [-0.3, -0.25) is 4.79 Å². The molecule has 0 aromatic carbocycles. The number of nitrogens with zero attached hydrogens (tertiary/aromatic N) is 1. The second-order valence-electron chi connectivity index (χ2n) is 3.32. The fraction of sp³-hybridized carbons (Fsp3) is 0.200. The molecule has 4 nitrogen and oxygen atoms in total. The van der Waals surface area contributed by atoms with Crippen LogP contribution < -0.4 is 5.73 Å². The van der Waals surface area contributed by atoms with Crippen LogP contribution in [0.2, 0.25) is 0 Å². The fourth-order valence-electron chi connectivity index (χ4n) is 1.45. The summed E-state index contributed by atoms with van der Waals surface area (Å²) in [6, 6.07) is 3.60. The number of carbonyl (C=O) groups is 1. The normalized spacial score (nSPS) is 10.5. The van der Waals surface area contributed by atoms with Crippen LogP contribution in [0, 0.1) is 13.8 Å². The van der Waals surface area contributed by atoms with Gasteiger partial charge in [0.15, 0.2) is 0 Å². The Morgan fingerprint density at radius 2 is 2.20 bits per heavy atom. The molecule has 0 aliphatic carbocycles. The number of primary amides is 1. The smallest absolute Gasteiger partial charge is 0.258 e. The van der Waals surface area contributed by atoms with Crippen LogP contribution >= 0.6 is 11.3 Å². The van der Waals surface area contributed by atoms with E-state index in [4.69, 9.17) is 5.73 Å². The maximum atomic E-state index is 10.9. The Bertz CT molecular complexity index is 512. The number of amides is 1. The van der Waals surface area contributed by atoms with Crippen LogP contribution in [-0.4, -0.2) is 15.9 Å². The molecule has 0 fully saturated rings. The molecule has 15 heavy (non-hydrogen) atoms. The second kappa shape index (κ2) is 3.51. The van der Waals surface area contributed by atoms with Gasteiger partial charge in [0.2, 0.25) is 0 Å². The lowest BCUT2D eigenvalue weighted by Crippen LogP contribution is -2.07. The van der Waals surface area contributed by atoms with Crippen molar-refractivity contribution in [3.8, 4) is 10.6 Å². The summed E-state index contributed by atoms with van der Waals surface area (Å²) in [4.78, 5) is 19.9. The Balaban J connectivity index is 2.45. The zero-order chi connectivity index (χ0) is 11.0. The Hall–Kier alpha value is -1.62. The first kappa shape index (κ1) is 9.92. The van der Waals surface area contributed by atoms with Gasteiger partial charge >= 0.3 is 0 Å². The Kier molecular flexibility index (Phi) is 2.32. The minimum Gasteiger partial charge on any atom is -0.365 e. The number of nitrogens with two attached hydrogens (primary N) is 1. The van der Waals surface area contributed by atoms with Crippen LogP contribution in [0.15, 0.2) is 12.1 Å². The van der Waals surface area contributed by atoms with E-state index in [0.29, 0.717) is 4.88 Å². The van der Waals surface area contributed by atoms with Gasteiger partial charge < -0.3 is 10.7 Å². The number of aryl methyl sites for hydroxylation is 2. The molecule has 3 N–H and O–H groups in total. The lowest BCUT2D eigenvalue weighted by atomic mass is 10.3. The molecule has 0 aliphatic rings. The highest BCUT2D eigenvalue weighted by Gasteiger charge is 2.11. The number of hydrogen-bond acceptors (Lipinski definition) is 3. The number of imidazole rings is 1.